The highest BCUT2D eigenvalue weighted by Crippen LogP contribution is 2.42. The van der Waals surface area contributed by atoms with Crippen molar-refractivity contribution in [3.8, 4) is 5.82 Å². The lowest BCUT2D eigenvalue weighted by atomic mass is 9.82. The third-order valence-electron chi connectivity index (χ3n) is 5.89. The first-order valence-corrected chi connectivity index (χ1v) is 9.38. The first-order chi connectivity index (χ1) is 12.2. The maximum absolute atomic E-state index is 12.7. The smallest absolute Gasteiger partial charge is 0.225 e. The first-order valence-electron chi connectivity index (χ1n) is 9.38. The predicted octanol–water partition coefficient (Wildman–Crippen LogP) is 3.55. The molecule has 1 fully saturated rings. The van der Waals surface area contributed by atoms with Gasteiger partial charge in [-0.3, -0.25) is 4.79 Å². The zero-order valence-electron chi connectivity index (χ0n) is 15.0. The number of nitrogens with zero attached hydrogens (tertiary/aromatic N) is 3. The largest absolute Gasteiger partial charge is 0.371 e. The summed E-state index contributed by atoms with van der Waals surface area (Å²) >= 11 is 0. The topological polar surface area (TPSA) is 50.2 Å². The van der Waals surface area contributed by atoms with E-state index < -0.39 is 0 Å². The van der Waals surface area contributed by atoms with Gasteiger partial charge in [0.15, 0.2) is 5.82 Å². The Kier molecular flexibility index (Phi) is 4.02. The van der Waals surface area contributed by atoms with E-state index in [0.29, 0.717) is 5.91 Å². The third-order valence-corrected chi connectivity index (χ3v) is 5.89. The molecule has 5 heteroatoms. The van der Waals surface area contributed by atoms with Crippen molar-refractivity contribution < 1.29 is 4.79 Å². The molecule has 5 nitrogen and oxygen atoms in total. The molecule has 2 aromatic heterocycles. The fourth-order valence-electron chi connectivity index (χ4n) is 4.35. The predicted molar refractivity (Wildman–Crippen MR) is 98.8 cm³/mol. The van der Waals surface area contributed by atoms with Crippen LogP contribution in [0.25, 0.3) is 5.82 Å². The molecule has 0 bridgehead atoms. The lowest BCUT2D eigenvalue weighted by Crippen LogP contribution is -2.52. The monoisotopic (exact) mass is 338 g/mol. The third kappa shape index (κ3) is 2.53. The highest BCUT2D eigenvalue weighted by Gasteiger charge is 2.43. The van der Waals surface area contributed by atoms with Gasteiger partial charge in [-0.25, -0.2) is 4.98 Å². The Morgan fingerprint density at radius 1 is 1.24 bits per heavy atom. The maximum Gasteiger partial charge on any atom is 0.225 e. The van der Waals surface area contributed by atoms with Gasteiger partial charge >= 0.3 is 0 Å². The molecule has 0 atom stereocenters. The number of aromatic nitrogens is 2. The second-order valence-electron chi connectivity index (χ2n) is 7.18. The van der Waals surface area contributed by atoms with Crippen molar-refractivity contribution in [1.29, 1.82) is 0 Å². The molecule has 0 aromatic carbocycles. The number of nitrogens with one attached hydrogen (secondary N) is 1. The molecular formula is C20H26N4O. The van der Waals surface area contributed by atoms with Crippen molar-refractivity contribution in [2.24, 2.45) is 5.92 Å². The number of piperidine rings is 1. The summed E-state index contributed by atoms with van der Waals surface area (Å²) in [7, 11) is 0. The van der Waals surface area contributed by atoms with Gasteiger partial charge in [0, 0.05) is 37.1 Å². The van der Waals surface area contributed by atoms with Crippen molar-refractivity contribution in [3.63, 3.8) is 0 Å². The normalized spacial score (nSPS) is 18.0. The Morgan fingerprint density at radius 2 is 2.00 bits per heavy atom. The van der Waals surface area contributed by atoms with Gasteiger partial charge in [-0.2, -0.15) is 0 Å². The van der Waals surface area contributed by atoms with Crippen molar-refractivity contribution in [3.05, 3.63) is 42.4 Å². The van der Waals surface area contributed by atoms with E-state index in [1.165, 1.54) is 5.69 Å². The van der Waals surface area contributed by atoms with Crippen LogP contribution in [0.1, 0.15) is 45.2 Å². The van der Waals surface area contributed by atoms with Crippen LogP contribution in [0.3, 0.4) is 0 Å². The summed E-state index contributed by atoms with van der Waals surface area (Å²) in [5.74, 6) is 1.46. The van der Waals surface area contributed by atoms with Gasteiger partial charge in [0.1, 0.15) is 0 Å². The summed E-state index contributed by atoms with van der Waals surface area (Å²) in [6.45, 7) is 5.83. The van der Waals surface area contributed by atoms with Gasteiger partial charge in [-0.1, -0.05) is 13.8 Å². The fraction of sp³-hybridized carbons (Fsp3) is 0.500. The van der Waals surface area contributed by atoms with Crippen molar-refractivity contribution in [2.75, 3.05) is 18.4 Å². The van der Waals surface area contributed by atoms with Gasteiger partial charge in [0.25, 0.3) is 0 Å². The average molecular weight is 338 g/mol. The van der Waals surface area contributed by atoms with Crippen LogP contribution in [0.4, 0.5) is 5.69 Å². The van der Waals surface area contributed by atoms with Gasteiger partial charge < -0.3 is 14.8 Å². The van der Waals surface area contributed by atoms with Gasteiger partial charge in [0.2, 0.25) is 5.91 Å². The van der Waals surface area contributed by atoms with E-state index in [1.54, 1.807) is 0 Å². The van der Waals surface area contributed by atoms with E-state index in [4.69, 9.17) is 0 Å². The van der Waals surface area contributed by atoms with Gasteiger partial charge in [0.05, 0.1) is 11.2 Å². The van der Waals surface area contributed by atoms with E-state index >= 15 is 0 Å². The van der Waals surface area contributed by atoms with E-state index in [9.17, 15) is 4.79 Å². The number of carbonyl (C=O) groups excluding carboxylic acids is 1. The molecule has 2 aromatic rings. The summed E-state index contributed by atoms with van der Waals surface area (Å²) in [5.41, 5.74) is 2.23. The summed E-state index contributed by atoms with van der Waals surface area (Å²) in [4.78, 5) is 19.3. The Labute approximate surface area is 149 Å². The molecular weight excluding hydrogens is 312 g/mol. The number of pyridine rings is 1. The minimum absolute atomic E-state index is 0.107. The number of hydrogen-bond donors (Lipinski definition) is 1. The van der Waals surface area contributed by atoms with Crippen LogP contribution >= 0.6 is 0 Å². The molecule has 1 amide bonds. The number of carbonyl (C=O) groups is 1. The zero-order valence-corrected chi connectivity index (χ0v) is 15.0. The lowest BCUT2D eigenvalue weighted by molar-refractivity contribution is -0.137. The van der Waals surface area contributed by atoms with Crippen LogP contribution in [0.5, 0.6) is 0 Å². The van der Waals surface area contributed by atoms with Crippen LogP contribution in [-0.4, -0.2) is 33.4 Å². The molecule has 2 aliphatic rings. The Morgan fingerprint density at radius 3 is 2.72 bits per heavy atom. The van der Waals surface area contributed by atoms with E-state index in [1.807, 2.05) is 12.3 Å². The first kappa shape index (κ1) is 16.2. The van der Waals surface area contributed by atoms with E-state index in [2.05, 4.69) is 58.0 Å². The zero-order chi connectivity index (χ0) is 17.4. The Hall–Kier alpha value is -2.30. The van der Waals surface area contributed by atoms with Crippen LogP contribution in [0, 0.1) is 5.92 Å². The van der Waals surface area contributed by atoms with Gasteiger partial charge in [-0.15, -0.1) is 0 Å². The fourth-order valence-corrected chi connectivity index (χ4v) is 4.35. The van der Waals surface area contributed by atoms with Crippen molar-refractivity contribution in [1.82, 2.24) is 14.5 Å². The molecule has 25 heavy (non-hydrogen) atoms. The molecule has 0 unspecified atom stereocenters. The summed E-state index contributed by atoms with van der Waals surface area (Å²) in [5, 5.41) is 3.75. The van der Waals surface area contributed by atoms with Crippen molar-refractivity contribution in [2.45, 2.75) is 45.1 Å². The molecule has 4 rings (SSSR count). The number of fused-ring (bicyclic) bond motifs is 4. The Balaban J connectivity index is 1.59. The molecule has 0 aliphatic carbocycles. The van der Waals surface area contributed by atoms with E-state index in [-0.39, 0.29) is 11.5 Å². The number of anilines is 1. The lowest BCUT2D eigenvalue weighted by Gasteiger charge is -2.46. The molecule has 1 spiro atoms. The highest BCUT2D eigenvalue weighted by molar-refractivity contribution is 5.79. The summed E-state index contributed by atoms with van der Waals surface area (Å²) in [6.07, 6.45) is 7.63. The van der Waals surface area contributed by atoms with Crippen LogP contribution in [0.2, 0.25) is 0 Å². The molecule has 1 saturated heterocycles. The average Bonchev–Trinajstić information content (AvgIpc) is 3.15. The second-order valence-corrected chi connectivity index (χ2v) is 7.18. The number of hydrogen-bond acceptors (Lipinski definition) is 3. The maximum atomic E-state index is 12.7. The highest BCUT2D eigenvalue weighted by atomic mass is 16.2. The molecule has 1 N–H and O–H groups in total. The van der Waals surface area contributed by atoms with Gasteiger partial charge in [-0.05, 0) is 49.9 Å². The van der Waals surface area contributed by atoms with Crippen LogP contribution in [0.15, 0.2) is 36.7 Å². The molecule has 132 valence electrons. The number of rotatable bonds is 3. The SMILES string of the molecule is CCC(CC)C(=O)N1CCC2(CC1)Nc1cccnc1-n1cccc12. The molecule has 4 heterocycles. The quantitative estimate of drug-likeness (QED) is 0.931. The minimum atomic E-state index is -0.107. The second kappa shape index (κ2) is 6.21. The summed E-state index contributed by atoms with van der Waals surface area (Å²) < 4.78 is 2.20. The standard InChI is InChI=1S/C20H26N4O/c1-3-15(4-2)19(25)23-13-9-20(10-14-23)17-8-6-12-24(17)18-16(22-20)7-5-11-21-18/h5-8,11-12,15,22H,3-4,9-10,13-14H2,1-2H3. The Bertz CT molecular complexity index is 770. The molecule has 0 radical (unpaired) electrons. The van der Waals surface area contributed by atoms with Crippen LogP contribution < -0.4 is 5.32 Å². The minimum Gasteiger partial charge on any atom is -0.371 e. The van der Waals surface area contributed by atoms with E-state index in [0.717, 1.165) is 50.3 Å². The summed E-state index contributed by atoms with van der Waals surface area (Å²) in [6, 6.07) is 8.34. The van der Waals surface area contributed by atoms with Crippen molar-refractivity contribution >= 4 is 11.6 Å². The van der Waals surface area contributed by atoms with Crippen LogP contribution in [-0.2, 0) is 10.3 Å². The molecule has 2 aliphatic heterocycles. The number of likely N-dealkylation sites (tertiary alicyclic amines) is 1. The molecule has 0 saturated carbocycles. The number of amides is 1.